The number of H-pyrrole nitrogens is 1. The van der Waals surface area contributed by atoms with Gasteiger partial charge in [-0.05, 0) is 73.3 Å². The molecule has 4 rings (SSSR count). The summed E-state index contributed by atoms with van der Waals surface area (Å²) in [6, 6.07) is 12.7. The van der Waals surface area contributed by atoms with Crippen molar-refractivity contribution in [3.05, 3.63) is 59.5 Å². The Morgan fingerprint density at radius 2 is 1.97 bits per heavy atom. The Labute approximate surface area is 177 Å². The highest BCUT2D eigenvalue weighted by molar-refractivity contribution is 6.01. The van der Waals surface area contributed by atoms with Crippen molar-refractivity contribution in [2.75, 3.05) is 19.6 Å². The fraction of sp³-hybridized carbons (Fsp3) is 0.318. The van der Waals surface area contributed by atoms with E-state index >= 15 is 0 Å². The predicted octanol–water partition coefficient (Wildman–Crippen LogP) is 0.0655. The fourth-order valence-corrected chi connectivity index (χ4v) is 3.92. The van der Waals surface area contributed by atoms with Crippen molar-refractivity contribution < 1.29 is 23.0 Å². The average Bonchev–Trinajstić information content (AvgIpc) is 3.31. The van der Waals surface area contributed by atoms with Crippen LogP contribution in [0.2, 0.25) is 0 Å². The van der Waals surface area contributed by atoms with E-state index in [1.165, 1.54) is 12.1 Å². The maximum atomic E-state index is 13.2. The van der Waals surface area contributed by atoms with Crippen LogP contribution in [-0.2, 0) is 0 Å². The molecular formula is C22H26ClFN4O. The summed E-state index contributed by atoms with van der Waals surface area (Å²) in [6.45, 7) is 4.12. The lowest BCUT2D eigenvalue weighted by Gasteiger charge is -2.11. The molecule has 0 unspecified atom stereocenters. The highest BCUT2D eigenvalue weighted by Crippen LogP contribution is 2.28. The minimum atomic E-state index is -0.254. The summed E-state index contributed by atoms with van der Waals surface area (Å²) in [4.78, 5) is 15.9. The quantitative estimate of drug-likeness (QED) is 0.475. The maximum absolute atomic E-state index is 13.2. The van der Waals surface area contributed by atoms with Gasteiger partial charge in [0.2, 0.25) is 0 Å². The first-order valence-corrected chi connectivity index (χ1v) is 9.65. The summed E-state index contributed by atoms with van der Waals surface area (Å²) in [5, 5.41) is 7.42. The molecule has 2 aromatic carbocycles. The van der Waals surface area contributed by atoms with E-state index in [9.17, 15) is 9.18 Å². The zero-order chi connectivity index (χ0) is 19.7. The molecule has 0 spiro atoms. The molecule has 1 amide bonds. The number of aromatic nitrogens is 1. The molecular weight excluding hydrogens is 391 g/mol. The number of benzene rings is 2. The van der Waals surface area contributed by atoms with Crippen molar-refractivity contribution >= 4 is 16.8 Å². The Hall–Kier alpha value is -2.41. The van der Waals surface area contributed by atoms with Gasteiger partial charge < -0.3 is 33.8 Å². The third-order valence-electron chi connectivity index (χ3n) is 5.62. The van der Waals surface area contributed by atoms with Gasteiger partial charge in [0.15, 0.2) is 0 Å². The van der Waals surface area contributed by atoms with Gasteiger partial charge in [-0.15, -0.1) is 0 Å². The zero-order valence-electron chi connectivity index (χ0n) is 17.3. The molecule has 29 heavy (non-hydrogen) atoms. The van der Waals surface area contributed by atoms with E-state index in [1.807, 2.05) is 25.1 Å². The number of carbonyl (C=O) groups excluding carboxylic acids is 1. The number of hydrogen-bond donors (Lipinski definition) is 4. The summed E-state index contributed by atoms with van der Waals surface area (Å²) in [5.41, 5.74) is 10.1. The number of aryl methyl sites for hydroxylation is 1. The van der Waals surface area contributed by atoms with Crippen LogP contribution in [0.4, 0.5) is 4.39 Å². The van der Waals surface area contributed by atoms with Crippen LogP contribution in [0.3, 0.4) is 0 Å². The lowest BCUT2D eigenvalue weighted by Crippen LogP contribution is -3.00. The van der Waals surface area contributed by atoms with Crippen molar-refractivity contribution in [2.24, 2.45) is 11.7 Å². The summed E-state index contributed by atoms with van der Waals surface area (Å²) < 4.78 is 13.2. The number of nitrogens with two attached hydrogens (primary N) is 1. The molecule has 154 valence electrons. The standard InChI is InChI=1S/C22H25FN4O.ClH/c1-13-19-9-16(15-2-5-17(23)6-3-15)4-7-20(19)27-21(13)22(28)26-12-18-8-14(10-24)11-25-18;/h2-7,9,14,18,25,27H,8,10-12,24H2,1H3,(H,26,28);1H/t14-,18+;/m1./s1. The lowest BCUT2D eigenvalue weighted by molar-refractivity contribution is -0.0000146. The number of halogens is 2. The van der Waals surface area contributed by atoms with Crippen LogP contribution in [0, 0.1) is 18.7 Å². The second kappa shape index (κ2) is 8.95. The van der Waals surface area contributed by atoms with Crippen LogP contribution in [0.1, 0.15) is 23.9 Å². The van der Waals surface area contributed by atoms with E-state index in [1.54, 1.807) is 12.1 Å². The molecule has 0 aliphatic carbocycles. The largest absolute Gasteiger partial charge is 1.00 e. The molecule has 5 nitrogen and oxygen atoms in total. The van der Waals surface area contributed by atoms with Gasteiger partial charge in [-0.25, -0.2) is 4.39 Å². The van der Waals surface area contributed by atoms with Crippen molar-refractivity contribution in [2.45, 2.75) is 19.4 Å². The molecule has 1 aromatic heterocycles. The van der Waals surface area contributed by atoms with Crippen LogP contribution >= 0.6 is 0 Å². The van der Waals surface area contributed by atoms with E-state index in [-0.39, 0.29) is 31.6 Å². The molecule has 3 aromatic rings. The van der Waals surface area contributed by atoms with E-state index < -0.39 is 0 Å². The van der Waals surface area contributed by atoms with E-state index in [0.29, 0.717) is 24.7 Å². The van der Waals surface area contributed by atoms with Gasteiger partial charge in [0.05, 0.1) is 0 Å². The third kappa shape index (κ3) is 4.45. The molecule has 0 saturated carbocycles. The third-order valence-corrected chi connectivity index (χ3v) is 5.62. The number of carbonyl (C=O) groups is 1. The summed E-state index contributed by atoms with van der Waals surface area (Å²) >= 11 is 0. The number of rotatable bonds is 5. The zero-order valence-corrected chi connectivity index (χ0v) is 17.0. The molecule has 0 radical (unpaired) electrons. The highest BCUT2D eigenvalue weighted by Gasteiger charge is 2.24. The fourth-order valence-electron chi connectivity index (χ4n) is 3.92. The van der Waals surface area contributed by atoms with Crippen LogP contribution in [0.15, 0.2) is 42.5 Å². The first-order chi connectivity index (χ1) is 13.5. The van der Waals surface area contributed by atoms with Crippen molar-refractivity contribution in [3.8, 4) is 11.1 Å². The van der Waals surface area contributed by atoms with Crippen LogP contribution in [-0.4, -0.2) is 36.6 Å². The maximum Gasteiger partial charge on any atom is 1.00 e. The van der Waals surface area contributed by atoms with Crippen LogP contribution in [0.5, 0.6) is 0 Å². The highest BCUT2D eigenvalue weighted by atomic mass is 35.5. The number of fused-ring (bicyclic) bond motifs is 1. The molecule has 7 heteroatoms. The van der Waals surface area contributed by atoms with Gasteiger partial charge in [-0.3, -0.25) is 4.79 Å². The van der Waals surface area contributed by atoms with Crippen LogP contribution < -0.4 is 28.8 Å². The summed E-state index contributed by atoms with van der Waals surface area (Å²) in [5.74, 6) is 0.132. The first kappa shape index (κ1) is 21.3. The smallest absolute Gasteiger partial charge is 1.00 e. The van der Waals surface area contributed by atoms with E-state index in [4.69, 9.17) is 5.73 Å². The lowest BCUT2D eigenvalue weighted by atomic mass is 10.0. The monoisotopic (exact) mass is 416 g/mol. The van der Waals surface area contributed by atoms with Gasteiger partial charge in [-0.1, -0.05) is 18.2 Å². The molecule has 1 aliphatic rings. The Bertz CT molecular complexity index is 1010. The average molecular weight is 417 g/mol. The molecule has 0 bridgehead atoms. The number of amides is 1. The molecule has 2 atom stereocenters. The minimum Gasteiger partial charge on any atom is -1.00 e. The molecule has 2 heterocycles. The second-order valence-electron chi connectivity index (χ2n) is 7.54. The van der Waals surface area contributed by atoms with E-state index in [0.717, 1.165) is 40.6 Å². The summed E-state index contributed by atoms with van der Waals surface area (Å²) in [7, 11) is 0. The van der Waals surface area contributed by atoms with Crippen molar-refractivity contribution in [3.63, 3.8) is 0 Å². The summed E-state index contributed by atoms with van der Waals surface area (Å²) in [6.07, 6.45) is 0.990. The Morgan fingerprint density at radius 1 is 1.24 bits per heavy atom. The second-order valence-corrected chi connectivity index (χ2v) is 7.54. The topological polar surface area (TPSA) is 82.9 Å². The van der Waals surface area contributed by atoms with Crippen LogP contribution in [0.25, 0.3) is 22.0 Å². The van der Waals surface area contributed by atoms with Gasteiger partial charge in [0.25, 0.3) is 5.91 Å². The number of aromatic amines is 1. The first-order valence-electron chi connectivity index (χ1n) is 9.65. The minimum absolute atomic E-state index is 0. The molecule has 5 N–H and O–H groups in total. The predicted molar refractivity (Wildman–Crippen MR) is 111 cm³/mol. The van der Waals surface area contributed by atoms with Gasteiger partial charge in [-0.2, -0.15) is 0 Å². The Kier molecular flexibility index (Phi) is 6.57. The van der Waals surface area contributed by atoms with Crippen molar-refractivity contribution in [1.29, 1.82) is 0 Å². The van der Waals surface area contributed by atoms with Gasteiger partial charge >= 0.3 is 1.43 Å². The Balaban J connectivity index is 0.00000160. The molecule has 1 fully saturated rings. The van der Waals surface area contributed by atoms with Gasteiger partial charge in [0.1, 0.15) is 11.5 Å². The molecule has 1 saturated heterocycles. The Morgan fingerprint density at radius 3 is 2.66 bits per heavy atom. The van der Waals surface area contributed by atoms with Crippen molar-refractivity contribution in [1.82, 2.24) is 15.6 Å². The SMILES string of the molecule is Cc1c(C(=O)NC[C@@H]2C[C@H](CN)CN2)[nH]c2ccc(-c3ccc(F)cc3)cc12.[Cl-].[H+]. The van der Waals surface area contributed by atoms with E-state index in [2.05, 4.69) is 15.6 Å². The molecule has 1 aliphatic heterocycles. The number of hydrogen-bond acceptors (Lipinski definition) is 3. The number of nitrogens with one attached hydrogen (secondary N) is 3. The normalized spacial score (nSPS) is 18.6. The van der Waals surface area contributed by atoms with Gasteiger partial charge in [0, 0.05) is 23.5 Å².